The maximum Gasteiger partial charge on any atom is 0.273 e. The lowest BCUT2D eigenvalue weighted by atomic mass is 10.2. The van der Waals surface area contributed by atoms with Crippen LogP contribution >= 0.6 is 11.3 Å². The molecule has 0 bridgehead atoms. The van der Waals surface area contributed by atoms with Crippen LogP contribution in [-0.4, -0.2) is 26.9 Å². The van der Waals surface area contributed by atoms with Gasteiger partial charge in [-0.25, -0.2) is 13.1 Å². The first-order valence-corrected chi connectivity index (χ1v) is 7.29. The standard InChI is InChI=1S/C9H12N2O3S2/c12-9(7-3-1-5-10-7)11-16(13,14)8-4-2-6-15-8/h2,4,6-7,10H,1,3,5H2,(H,11,12)/t7-/m0/s1. The molecular formula is C9H12N2O3S2. The molecule has 88 valence electrons. The van der Waals surface area contributed by atoms with Crippen molar-refractivity contribution in [2.45, 2.75) is 23.1 Å². The molecule has 0 spiro atoms. The summed E-state index contributed by atoms with van der Waals surface area (Å²) in [5.74, 6) is -0.467. The van der Waals surface area contributed by atoms with Crippen LogP contribution in [0.3, 0.4) is 0 Å². The zero-order chi connectivity index (χ0) is 11.6. The van der Waals surface area contributed by atoms with Crippen LogP contribution in [0.4, 0.5) is 0 Å². The first kappa shape index (κ1) is 11.6. The summed E-state index contributed by atoms with van der Waals surface area (Å²) in [5, 5.41) is 4.61. The minimum Gasteiger partial charge on any atom is -0.306 e. The molecular weight excluding hydrogens is 248 g/mol. The number of sulfonamides is 1. The molecule has 0 radical (unpaired) electrons. The monoisotopic (exact) mass is 260 g/mol. The van der Waals surface area contributed by atoms with Crippen LogP contribution in [0.5, 0.6) is 0 Å². The van der Waals surface area contributed by atoms with E-state index in [4.69, 9.17) is 0 Å². The predicted molar refractivity (Wildman–Crippen MR) is 60.7 cm³/mol. The van der Waals surface area contributed by atoms with Gasteiger partial charge in [-0.1, -0.05) is 6.07 Å². The molecule has 1 fully saturated rings. The van der Waals surface area contributed by atoms with Crippen LogP contribution in [0.2, 0.25) is 0 Å². The average Bonchev–Trinajstić information content (AvgIpc) is 2.91. The highest BCUT2D eigenvalue weighted by atomic mass is 32.2. The molecule has 2 N–H and O–H groups in total. The molecule has 1 aromatic heterocycles. The second-order valence-corrected chi connectivity index (χ2v) is 6.41. The molecule has 1 aromatic rings. The topological polar surface area (TPSA) is 75.3 Å². The van der Waals surface area contributed by atoms with Crippen molar-refractivity contribution in [3.63, 3.8) is 0 Å². The number of thiophene rings is 1. The summed E-state index contributed by atoms with van der Waals surface area (Å²) in [7, 11) is -3.67. The third kappa shape index (κ3) is 2.42. The third-order valence-electron chi connectivity index (χ3n) is 2.37. The molecule has 7 heteroatoms. The van der Waals surface area contributed by atoms with E-state index in [1.165, 1.54) is 6.07 Å². The Morgan fingerprint density at radius 1 is 1.56 bits per heavy atom. The van der Waals surface area contributed by atoms with E-state index in [-0.39, 0.29) is 10.3 Å². The van der Waals surface area contributed by atoms with Crippen molar-refractivity contribution in [2.75, 3.05) is 6.54 Å². The molecule has 0 saturated carbocycles. The first-order valence-electron chi connectivity index (χ1n) is 4.93. The number of nitrogens with one attached hydrogen (secondary N) is 2. The van der Waals surface area contributed by atoms with E-state index in [2.05, 4.69) is 10.0 Å². The highest BCUT2D eigenvalue weighted by Gasteiger charge is 2.26. The maximum atomic E-state index is 11.7. The molecule has 1 aliphatic rings. The summed E-state index contributed by atoms with van der Waals surface area (Å²) in [6, 6.07) is 2.73. The van der Waals surface area contributed by atoms with Crippen molar-refractivity contribution in [2.24, 2.45) is 0 Å². The minimum atomic E-state index is -3.67. The van der Waals surface area contributed by atoms with Gasteiger partial charge >= 0.3 is 0 Å². The number of hydrogen-bond donors (Lipinski definition) is 2. The van der Waals surface area contributed by atoms with Gasteiger partial charge in [0.25, 0.3) is 15.9 Å². The lowest BCUT2D eigenvalue weighted by Crippen LogP contribution is -2.42. The van der Waals surface area contributed by atoms with Crippen LogP contribution in [-0.2, 0) is 14.8 Å². The second-order valence-electron chi connectivity index (χ2n) is 3.55. The van der Waals surface area contributed by atoms with Gasteiger partial charge in [0.2, 0.25) is 0 Å². The Bertz CT molecular complexity index is 461. The van der Waals surface area contributed by atoms with Crippen LogP contribution in [0.25, 0.3) is 0 Å². The summed E-state index contributed by atoms with van der Waals surface area (Å²) in [4.78, 5) is 11.6. The predicted octanol–water partition coefficient (Wildman–Crippen LogP) is 0.305. The van der Waals surface area contributed by atoms with E-state index in [9.17, 15) is 13.2 Å². The van der Waals surface area contributed by atoms with Crippen LogP contribution in [0, 0.1) is 0 Å². The van der Waals surface area contributed by atoms with Crippen molar-refractivity contribution in [3.8, 4) is 0 Å². The van der Waals surface area contributed by atoms with Gasteiger partial charge in [-0.05, 0) is 30.8 Å². The normalized spacial score (nSPS) is 20.9. The van der Waals surface area contributed by atoms with Gasteiger partial charge in [0.15, 0.2) is 0 Å². The summed E-state index contributed by atoms with van der Waals surface area (Å²) < 4.78 is 25.7. The van der Waals surface area contributed by atoms with Crippen molar-refractivity contribution in [1.29, 1.82) is 0 Å². The number of rotatable bonds is 3. The molecule has 16 heavy (non-hydrogen) atoms. The van der Waals surface area contributed by atoms with E-state index >= 15 is 0 Å². The molecule has 1 aliphatic heterocycles. The van der Waals surface area contributed by atoms with Crippen molar-refractivity contribution < 1.29 is 13.2 Å². The fourth-order valence-corrected chi connectivity index (χ4v) is 3.59. The number of hydrogen-bond acceptors (Lipinski definition) is 5. The van der Waals surface area contributed by atoms with Gasteiger partial charge in [0.05, 0.1) is 6.04 Å². The van der Waals surface area contributed by atoms with E-state index in [1.54, 1.807) is 11.4 Å². The molecule has 1 saturated heterocycles. The molecule has 5 nitrogen and oxygen atoms in total. The van der Waals surface area contributed by atoms with E-state index in [0.29, 0.717) is 6.42 Å². The first-order chi connectivity index (χ1) is 7.59. The molecule has 1 atom stereocenters. The molecule has 0 unspecified atom stereocenters. The summed E-state index contributed by atoms with van der Waals surface area (Å²) in [6.07, 6.45) is 1.59. The Kier molecular flexibility index (Phi) is 3.27. The van der Waals surface area contributed by atoms with Crippen LogP contribution < -0.4 is 10.0 Å². The lowest BCUT2D eigenvalue weighted by molar-refractivity contribution is -0.121. The Morgan fingerprint density at radius 2 is 2.38 bits per heavy atom. The summed E-state index contributed by atoms with van der Waals surface area (Å²) >= 11 is 1.09. The molecule has 0 aromatic carbocycles. The SMILES string of the molecule is O=C(NS(=O)(=O)c1cccs1)[C@@H]1CCCN1. The van der Waals surface area contributed by atoms with Gasteiger partial charge in [0, 0.05) is 0 Å². The maximum absolute atomic E-state index is 11.7. The van der Waals surface area contributed by atoms with Gasteiger partial charge in [-0.2, -0.15) is 0 Å². The smallest absolute Gasteiger partial charge is 0.273 e. The zero-order valence-corrected chi connectivity index (χ0v) is 10.1. The van der Waals surface area contributed by atoms with Crippen molar-refractivity contribution in [1.82, 2.24) is 10.0 Å². The Morgan fingerprint density at radius 3 is 2.94 bits per heavy atom. The summed E-state index contributed by atoms with van der Waals surface area (Å²) in [6.45, 7) is 0.761. The Hall–Kier alpha value is -0.920. The van der Waals surface area contributed by atoms with Gasteiger partial charge in [-0.3, -0.25) is 4.79 Å². The Labute approximate surface area is 97.9 Å². The Balaban J connectivity index is 2.06. The van der Waals surface area contributed by atoms with Gasteiger partial charge in [0.1, 0.15) is 4.21 Å². The summed E-state index contributed by atoms with van der Waals surface area (Å²) in [5.41, 5.74) is 0. The largest absolute Gasteiger partial charge is 0.306 e. The van der Waals surface area contributed by atoms with Crippen molar-refractivity contribution >= 4 is 27.3 Å². The molecule has 1 amide bonds. The average molecular weight is 260 g/mol. The fraction of sp³-hybridized carbons (Fsp3) is 0.444. The minimum absolute atomic E-state index is 0.166. The molecule has 2 heterocycles. The number of carbonyl (C=O) groups is 1. The quantitative estimate of drug-likeness (QED) is 0.820. The highest BCUT2D eigenvalue weighted by Crippen LogP contribution is 2.16. The van der Waals surface area contributed by atoms with Crippen LogP contribution in [0.15, 0.2) is 21.7 Å². The second kappa shape index (κ2) is 4.52. The van der Waals surface area contributed by atoms with E-state index in [1.807, 2.05) is 0 Å². The van der Waals surface area contributed by atoms with Crippen molar-refractivity contribution in [3.05, 3.63) is 17.5 Å². The van der Waals surface area contributed by atoms with E-state index < -0.39 is 15.9 Å². The third-order valence-corrected chi connectivity index (χ3v) is 5.12. The fourth-order valence-electron chi connectivity index (χ4n) is 1.58. The molecule has 2 rings (SSSR count). The van der Waals surface area contributed by atoms with E-state index in [0.717, 1.165) is 24.3 Å². The van der Waals surface area contributed by atoms with Gasteiger partial charge in [-0.15, -0.1) is 11.3 Å². The van der Waals surface area contributed by atoms with Crippen LogP contribution in [0.1, 0.15) is 12.8 Å². The number of amides is 1. The number of carbonyl (C=O) groups excluding carboxylic acids is 1. The molecule has 0 aliphatic carbocycles. The lowest BCUT2D eigenvalue weighted by Gasteiger charge is -2.10. The van der Waals surface area contributed by atoms with Gasteiger partial charge < -0.3 is 5.32 Å². The highest BCUT2D eigenvalue weighted by molar-refractivity contribution is 7.92. The zero-order valence-electron chi connectivity index (χ0n) is 8.47.